The van der Waals surface area contributed by atoms with Gasteiger partial charge in [0.1, 0.15) is 29.1 Å². The Bertz CT molecular complexity index is 1160. The molecule has 4 atom stereocenters. The second-order valence-electron chi connectivity index (χ2n) is 8.61. The summed E-state index contributed by atoms with van der Waals surface area (Å²) in [5, 5.41) is 43.5. The molecule has 1 amide bonds. The van der Waals surface area contributed by atoms with Crippen molar-refractivity contribution in [3.8, 4) is 5.75 Å². The van der Waals surface area contributed by atoms with Crippen molar-refractivity contribution in [1.29, 1.82) is 0 Å². The SMILES string of the molecule is CN(C)C1C(O)=C(C(N)=O)C(=O)[C@@]2(O)C(O)=C3C(=O)c4c(O)ccc(C=O)c4C[C@H]3C[C@@H]12. The minimum Gasteiger partial charge on any atom is -0.510 e. The predicted octanol–water partition coefficient (Wildman–Crippen LogP) is -0.0669. The number of aldehydes is 1. The van der Waals surface area contributed by atoms with Crippen LogP contribution in [0.5, 0.6) is 5.75 Å². The highest BCUT2D eigenvalue weighted by Crippen LogP contribution is 2.52. The molecular formula is C22H22N2O8. The minimum atomic E-state index is -2.68. The number of nitrogens with two attached hydrogens (primary N) is 1. The summed E-state index contributed by atoms with van der Waals surface area (Å²) in [5.74, 6) is -7.18. The van der Waals surface area contributed by atoms with Gasteiger partial charge < -0.3 is 26.2 Å². The van der Waals surface area contributed by atoms with Crippen molar-refractivity contribution in [2.24, 2.45) is 17.6 Å². The Labute approximate surface area is 182 Å². The van der Waals surface area contributed by atoms with Gasteiger partial charge in [-0.25, -0.2) is 0 Å². The van der Waals surface area contributed by atoms with E-state index in [1.165, 1.54) is 17.0 Å². The average Bonchev–Trinajstić information content (AvgIpc) is 2.70. The van der Waals surface area contributed by atoms with E-state index >= 15 is 0 Å². The third-order valence-corrected chi connectivity index (χ3v) is 6.77. The molecule has 168 valence electrons. The van der Waals surface area contributed by atoms with E-state index in [1.807, 2.05) is 0 Å². The zero-order valence-electron chi connectivity index (χ0n) is 17.3. The van der Waals surface area contributed by atoms with Gasteiger partial charge in [0.2, 0.25) is 5.78 Å². The van der Waals surface area contributed by atoms with Crippen molar-refractivity contribution in [2.75, 3.05) is 14.1 Å². The Hall–Kier alpha value is -3.50. The number of fused-ring (bicyclic) bond motifs is 3. The number of nitrogens with zero attached hydrogens (tertiary/aromatic N) is 1. The molecule has 0 bridgehead atoms. The van der Waals surface area contributed by atoms with Crippen molar-refractivity contribution >= 4 is 23.8 Å². The van der Waals surface area contributed by atoms with Gasteiger partial charge in [-0.05, 0) is 50.6 Å². The zero-order valence-corrected chi connectivity index (χ0v) is 17.3. The van der Waals surface area contributed by atoms with Crippen LogP contribution in [-0.4, -0.2) is 74.8 Å². The number of aromatic hydroxyl groups is 1. The number of phenols is 1. The topological polar surface area (TPSA) is 178 Å². The smallest absolute Gasteiger partial charge is 0.255 e. The van der Waals surface area contributed by atoms with Crippen molar-refractivity contribution < 1.29 is 39.6 Å². The van der Waals surface area contributed by atoms with Crippen LogP contribution >= 0.6 is 0 Å². The molecule has 0 radical (unpaired) electrons. The van der Waals surface area contributed by atoms with Gasteiger partial charge >= 0.3 is 0 Å². The van der Waals surface area contributed by atoms with Gasteiger partial charge in [-0.15, -0.1) is 0 Å². The molecule has 1 unspecified atom stereocenters. The third kappa shape index (κ3) is 2.59. The van der Waals surface area contributed by atoms with E-state index < -0.39 is 63.8 Å². The first kappa shape index (κ1) is 21.7. The maximum absolute atomic E-state index is 13.3. The Morgan fingerprint density at radius 1 is 1.22 bits per heavy atom. The van der Waals surface area contributed by atoms with Crippen molar-refractivity contribution in [1.82, 2.24) is 4.90 Å². The fraction of sp³-hybridized carbons (Fsp3) is 0.364. The number of allylic oxidation sites excluding steroid dienone is 1. The van der Waals surface area contributed by atoms with Gasteiger partial charge in [-0.3, -0.25) is 24.1 Å². The number of ketones is 2. The van der Waals surface area contributed by atoms with Gasteiger partial charge in [0, 0.05) is 17.1 Å². The van der Waals surface area contributed by atoms with E-state index in [0.717, 1.165) is 0 Å². The molecule has 3 aliphatic carbocycles. The second kappa shape index (κ2) is 7.01. The minimum absolute atomic E-state index is 0.0281. The summed E-state index contributed by atoms with van der Waals surface area (Å²) in [7, 11) is 3.10. The molecule has 6 N–H and O–H groups in total. The Balaban J connectivity index is 1.99. The maximum atomic E-state index is 13.3. The lowest BCUT2D eigenvalue weighted by Gasteiger charge is -2.50. The lowest BCUT2D eigenvalue weighted by molar-refractivity contribution is -0.148. The van der Waals surface area contributed by atoms with E-state index in [4.69, 9.17) is 5.73 Å². The van der Waals surface area contributed by atoms with E-state index in [0.29, 0.717) is 11.8 Å². The molecule has 1 aromatic rings. The second-order valence-corrected chi connectivity index (χ2v) is 8.61. The summed E-state index contributed by atoms with van der Waals surface area (Å²) in [5.41, 5.74) is 1.80. The highest BCUT2D eigenvalue weighted by molar-refractivity contribution is 6.24. The molecule has 3 aliphatic rings. The van der Waals surface area contributed by atoms with Gasteiger partial charge in [0.15, 0.2) is 11.4 Å². The predicted molar refractivity (Wildman–Crippen MR) is 109 cm³/mol. The maximum Gasteiger partial charge on any atom is 0.255 e. The Kier molecular flexibility index (Phi) is 4.76. The summed E-state index contributed by atoms with van der Waals surface area (Å²) in [6.07, 6.45) is 0.608. The monoisotopic (exact) mass is 442 g/mol. The molecular weight excluding hydrogens is 420 g/mol. The number of carbonyl (C=O) groups is 4. The van der Waals surface area contributed by atoms with Gasteiger partial charge in [-0.1, -0.05) is 0 Å². The van der Waals surface area contributed by atoms with E-state index in [2.05, 4.69) is 0 Å². The number of benzene rings is 1. The van der Waals surface area contributed by atoms with Gasteiger partial charge in [0.05, 0.1) is 11.6 Å². The first-order valence-corrected chi connectivity index (χ1v) is 9.91. The third-order valence-electron chi connectivity index (χ3n) is 6.77. The number of aliphatic hydroxyl groups excluding tert-OH is 2. The molecule has 32 heavy (non-hydrogen) atoms. The van der Waals surface area contributed by atoms with Gasteiger partial charge in [-0.2, -0.15) is 0 Å². The van der Waals surface area contributed by atoms with Crippen LogP contribution in [0.1, 0.15) is 32.7 Å². The van der Waals surface area contributed by atoms with E-state index in [9.17, 15) is 39.6 Å². The number of hydrogen-bond donors (Lipinski definition) is 5. The fourth-order valence-corrected chi connectivity index (χ4v) is 5.39. The summed E-state index contributed by atoms with van der Waals surface area (Å²) in [6.45, 7) is 0. The van der Waals surface area contributed by atoms with Crippen LogP contribution in [0.4, 0.5) is 0 Å². The largest absolute Gasteiger partial charge is 0.510 e. The lowest BCUT2D eigenvalue weighted by atomic mass is 9.58. The van der Waals surface area contributed by atoms with Gasteiger partial charge in [0.25, 0.3) is 5.91 Å². The number of likely N-dealkylation sites (N-methyl/N-ethyl adjacent to an activating group) is 1. The molecule has 1 aromatic carbocycles. The number of amides is 1. The van der Waals surface area contributed by atoms with Crippen LogP contribution in [0, 0.1) is 11.8 Å². The first-order chi connectivity index (χ1) is 15.0. The molecule has 0 aromatic heterocycles. The lowest BCUT2D eigenvalue weighted by Crippen LogP contribution is -2.63. The quantitative estimate of drug-likeness (QED) is 0.316. The van der Waals surface area contributed by atoms with Crippen molar-refractivity contribution in [3.05, 3.63) is 51.5 Å². The molecule has 0 fully saturated rings. The highest BCUT2D eigenvalue weighted by atomic mass is 16.3. The molecule has 10 heteroatoms. The summed E-state index contributed by atoms with van der Waals surface area (Å²) in [6, 6.07) is 1.50. The number of rotatable bonds is 3. The van der Waals surface area contributed by atoms with Crippen LogP contribution < -0.4 is 5.73 Å². The van der Waals surface area contributed by atoms with Crippen molar-refractivity contribution in [2.45, 2.75) is 24.5 Å². The normalized spacial score (nSPS) is 29.6. The van der Waals surface area contributed by atoms with Crippen LogP contribution in [0.3, 0.4) is 0 Å². The van der Waals surface area contributed by atoms with E-state index in [-0.39, 0.29) is 29.5 Å². The number of hydrogen-bond acceptors (Lipinski definition) is 9. The summed E-state index contributed by atoms with van der Waals surface area (Å²) < 4.78 is 0. The first-order valence-electron chi connectivity index (χ1n) is 9.91. The standard InChI is InChI=1S/C22H22N2O8/c1-24(2)16-11-6-9-5-10-8(7-25)3-4-12(26)14(10)17(27)13(9)19(29)22(11,32)20(30)15(18(16)28)21(23)31/h3-4,7,9,11,16,26,28-29,32H,5-6H2,1-2H3,(H2,23,31)/t9-,11-,16?,22-/m0/s1. The van der Waals surface area contributed by atoms with Crippen LogP contribution in [0.2, 0.25) is 0 Å². The number of phenolic OH excluding ortho intramolecular Hbond substituents is 1. The summed E-state index contributed by atoms with van der Waals surface area (Å²) >= 11 is 0. The molecule has 4 rings (SSSR count). The number of Topliss-reactive ketones (excluding diaryl/α,β-unsaturated/α-hetero) is 2. The van der Waals surface area contributed by atoms with E-state index in [1.54, 1.807) is 14.1 Å². The molecule has 0 saturated carbocycles. The molecule has 0 aliphatic heterocycles. The number of primary amides is 1. The molecule has 10 nitrogen and oxygen atoms in total. The molecule has 0 heterocycles. The average molecular weight is 442 g/mol. The van der Waals surface area contributed by atoms with Crippen molar-refractivity contribution in [3.63, 3.8) is 0 Å². The fourth-order valence-electron chi connectivity index (χ4n) is 5.39. The Morgan fingerprint density at radius 2 is 1.88 bits per heavy atom. The Morgan fingerprint density at radius 3 is 2.44 bits per heavy atom. The zero-order chi connectivity index (χ0) is 23.7. The highest BCUT2D eigenvalue weighted by Gasteiger charge is 2.63. The molecule has 0 saturated heterocycles. The number of carbonyl (C=O) groups excluding carboxylic acids is 4. The van der Waals surface area contributed by atoms with Crippen LogP contribution in [0.15, 0.2) is 34.8 Å². The number of aliphatic hydroxyl groups is 3. The summed E-state index contributed by atoms with van der Waals surface area (Å²) in [4.78, 5) is 51.3. The van der Waals surface area contributed by atoms with Crippen LogP contribution in [-0.2, 0) is 16.0 Å². The molecule has 0 spiro atoms. The van der Waals surface area contributed by atoms with Crippen LogP contribution in [0.25, 0.3) is 0 Å².